The summed E-state index contributed by atoms with van der Waals surface area (Å²) in [5.74, 6) is 0.0196. The fourth-order valence-corrected chi connectivity index (χ4v) is 2.28. The molecule has 6 heteroatoms. The molecule has 0 fully saturated rings. The van der Waals surface area contributed by atoms with Crippen molar-refractivity contribution in [2.24, 2.45) is 0 Å². The number of benzene rings is 2. The molecule has 0 saturated heterocycles. The zero-order valence-corrected chi connectivity index (χ0v) is 13.4. The van der Waals surface area contributed by atoms with E-state index in [2.05, 4.69) is 5.32 Å². The third-order valence-electron chi connectivity index (χ3n) is 2.67. The van der Waals surface area contributed by atoms with Gasteiger partial charge in [0.25, 0.3) is 5.91 Å². The van der Waals surface area contributed by atoms with Crippen LogP contribution in [0.2, 0.25) is 15.1 Å². The average Bonchev–Trinajstić information content (AvgIpc) is 2.43. The van der Waals surface area contributed by atoms with E-state index in [1.807, 2.05) is 13.0 Å². The second-order valence-electron chi connectivity index (χ2n) is 4.37. The predicted octanol–water partition coefficient (Wildman–Crippen LogP) is 4.97. The topological polar surface area (TPSA) is 38.3 Å². The standard InChI is InChI=1S/C15H12Cl3NO2/c1-9-5-6-12(11(17)7-9)19-14(20)8-21-13-4-2-3-10(16)15(13)18/h2-7H,8H2,1H3,(H,19,20). The fraction of sp³-hybridized carbons (Fsp3) is 0.133. The van der Waals surface area contributed by atoms with Gasteiger partial charge in [-0.3, -0.25) is 4.79 Å². The van der Waals surface area contributed by atoms with Gasteiger partial charge in [0.1, 0.15) is 10.8 Å². The van der Waals surface area contributed by atoms with Gasteiger partial charge in [-0.05, 0) is 36.8 Å². The quantitative estimate of drug-likeness (QED) is 0.850. The summed E-state index contributed by atoms with van der Waals surface area (Å²) in [6.07, 6.45) is 0. The van der Waals surface area contributed by atoms with Gasteiger partial charge in [0.05, 0.1) is 15.7 Å². The molecule has 110 valence electrons. The number of amides is 1. The molecule has 21 heavy (non-hydrogen) atoms. The Morgan fingerprint density at radius 2 is 1.90 bits per heavy atom. The minimum absolute atomic E-state index is 0.190. The molecule has 0 heterocycles. The minimum Gasteiger partial charge on any atom is -0.482 e. The van der Waals surface area contributed by atoms with Crippen molar-refractivity contribution in [3.05, 3.63) is 57.0 Å². The Labute approximate surface area is 137 Å². The van der Waals surface area contributed by atoms with Crippen molar-refractivity contribution in [3.8, 4) is 5.75 Å². The third-order valence-corrected chi connectivity index (χ3v) is 3.79. The summed E-state index contributed by atoms with van der Waals surface area (Å²) in [5.41, 5.74) is 1.55. The van der Waals surface area contributed by atoms with Crippen LogP contribution in [-0.4, -0.2) is 12.5 Å². The number of ether oxygens (including phenoxy) is 1. The number of hydrogen-bond acceptors (Lipinski definition) is 2. The summed E-state index contributed by atoms with van der Waals surface area (Å²) < 4.78 is 5.34. The van der Waals surface area contributed by atoms with Crippen LogP contribution < -0.4 is 10.1 Å². The SMILES string of the molecule is Cc1ccc(NC(=O)COc2cccc(Cl)c2Cl)c(Cl)c1. The molecule has 0 unspecified atom stereocenters. The molecule has 2 aromatic carbocycles. The summed E-state index contributed by atoms with van der Waals surface area (Å²) in [6, 6.07) is 10.3. The molecule has 0 bridgehead atoms. The van der Waals surface area contributed by atoms with E-state index >= 15 is 0 Å². The number of nitrogens with one attached hydrogen (secondary N) is 1. The van der Waals surface area contributed by atoms with Crippen LogP contribution >= 0.6 is 34.8 Å². The van der Waals surface area contributed by atoms with Crippen molar-refractivity contribution in [1.29, 1.82) is 0 Å². The van der Waals surface area contributed by atoms with Gasteiger partial charge in [0.15, 0.2) is 6.61 Å². The number of aryl methyl sites for hydroxylation is 1. The second kappa shape index (κ2) is 7.03. The van der Waals surface area contributed by atoms with Crippen LogP contribution in [0.15, 0.2) is 36.4 Å². The highest BCUT2D eigenvalue weighted by Crippen LogP contribution is 2.31. The lowest BCUT2D eigenvalue weighted by molar-refractivity contribution is -0.118. The maximum Gasteiger partial charge on any atom is 0.262 e. The lowest BCUT2D eigenvalue weighted by atomic mass is 10.2. The van der Waals surface area contributed by atoms with Crippen molar-refractivity contribution in [2.75, 3.05) is 11.9 Å². The van der Waals surface area contributed by atoms with E-state index in [9.17, 15) is 4.79 Å². The first-order valence-corrected chi connectivity index (χ1v) is 7.23. The number of hydrogen-bond donors (Lipinski definition) is 1. The molecule has 2 rings (SSSR count). The van der Waals surface area contributed by atoms with Gasteiger partial charge in [0, 0.05) is 0 Å². The van der Waals surface area contributed by atoms with Gasteiger partial charge in [-0.25, -0.2) is 0 Å². The number of carbonyl (C=O) groups excluding carboxylic acids is 1. The number of anilines is 1. The minimum atomic E-state index is -0.336. The van der Waals surface area contributed by atoms with Crippen molar-refractivity contribution in [2.45, 2.75) is 6.92 Å². The Morgan fingerprint density at radius 1 is 1.14 bits per heavy atom. The van der Waals surface area contributed by atoms with Crippen molar-refractivity contribution in [3.63, 3.8) is 0 Å². The van der Waals surface area contributed by atoms with Crippen LogP contribution in [0.1, 0.15) is 5.56 Å². The monoisotopic (exact) mass is 343 g/mol. The summed E-state index contributed by atoms with van der Waals surface area (Å²) >= 11 is 17.9. The van der Waals surface area contributed by atoms with Crippen LogP contribution in [-0.2, 0) is 4.79 Å². The highest BCUT2D eigenvalue weighted by molar-refractivity contribution is 6.42. The lowest BCUT2D eigenvalue weighted by Gasteiger charge is -2.10. The molecule has 0 spiro atoms. The van der Waals surface area contributed by atoms with E-state index in [1.165, 1.54) is 0 Å². The van der Waals surface area contributed by atoms with E-state index in [4.69, 9.17) is 39.5 Å². The molecule has 1 N–H and O–H groups in total. The van der Waals surface area contributed by atoms with Gasteiger partial charge in [-0.15, -0.1) is 0 Å². The molecule has 0 aliphatic heterocycles. The summed E-state index contributed by atoms with van der Waals surface area (Å²) in [7, 11) is 0. The molecule has 1 amide bonds. The Morgan fingerprint density at radius 3 is 2.62 bits per heavy atom. The van der Waals surface area contributed by atoms with Crippen LogP contribution in [0.3, 0.4) is 0 Å². The maximum absolute atomic E-state index is 11.8. The van der Waals surface area contributed by atoms with Crippen LogP contribution in [0.25, 0.3) is 0 Å². The van der Waals surface area contributed by atoms with Gasteiger partial charge >= 0.3 is 0 Å². The highest BCUT2D eigenvalue weighted by Gasteiger charge is 2.10. The van der Waals surface area contributed by atoms with Crippen molar-refractivity contribution >= 4 is 46.4 Å². The molecule has 0 atom stereocenters. The molecule has 0 aliphatic carbocycles. The first-order valence-electron chi connectivity index (χ1n) is 6.10. The molecular weight excluding hydrogens is 333 g/mol. The van der Waals surface area contributed by atoms with E-state index in [1.54, 1.807) is 30.3 Å². The largest absolute Gasteiger partial charge is 0.482 e. The van der Waals surface area contributed by atoms with Crippen LogP contribution in [0, 0.1) is 6.92 Å². The second-order valence-corrected chi connectivity index (χ2v) is 5.56. The number of rotatable bonds is 4. The number of halogens is 3. The van der Waals surface area contributed by atoms with Gasteiger partial charge < -0.3 is 10.1 Å². The molecular formula is C15H12Cl3NO2. The fourth-order valence-electron chi connectivity index (χ4n) is 1.65. The Hall–Kier alpha value is -1.42. The van der Waals surface area contributed by atoms with Crippen molar-refractivity contribution in [1.82, 2.24) is 0 Å². The first kappa shape index (κ1) is 16.0. The molecule has 3 nitrogen and oxygen atoms in total. The Bertz CT molecular complexity index is 674. The zero-order chi connectivity index (χ0) is 15.4. The van der Waals surface area contributed by atoms with E-state index < -0.39 is 0 Å². The highest BCUT2D eigenvalue weighted by atomic mass is 35.5. The molecule has 0 aliphatic rings. The van der Waals surface area contributed by atoms with E-state index in [0.29, 0.717) is 21.5 Å². The molecule has 0 aromatic heterocycles. The molecule has 2 aromatic rings. The normalized spacial score (nSPS) is 10.3. The smallest absolute Gasteiger partial charge is 0.262 e. The Balaban J connectivity index is 1.97. The lowest BCUT2D eigenvalue weighted by Crippen LogP contribution is -2.20. The summed E-state index contributed by atoms with van der Waals surface area (Å²) in [5, 5.41) is 3.80. The predicted molar refractivity (Wildman–Crippen MR) is 86.8 cm³/mol. The third kappa shape index (κ3) is 4.27. The van der Waals surface area contributed by atoms with Gasteiger partial charge in [-0.2, -0.15) is 0 Å². The average molecular weight is 345 g/mol. The zero-order valence-electron chi connectivity index (χ0n) is 11.1. The molecule has 0 saturated carbocycles. The molecule has 0 radical (unpaired) electrons. The Kier molecular flexibility index (Phi) is 5.34. The van der Waals surface area contributed by atoms with Gasteiger partial charge in [-0.1, -0.05) is 46.9 Å². The summed E-state index contributed by atoms with van der Waals surface area (Å²) in [6.45, 7) is 1.73. The summed E-state index contributed by atoms with van der Waals surface area (Å²) in [4.78, 5) is 11.8. The van der Waals surface area contributed by atoms with Crippen LogP contribution in [0.5, 0.6) is 5.75 Å². The van der Waals surface area contributed by atoms with E-state index in [-0.39, 0.29) is 17.5 Å². The number of carbonyl (C=O) groups is 1. The maximum atomic E-state index is 11.8. The van der Waals surface area contributed by atoms with Crippen molar-refractivity contribution < 1.29 is 9.53 Å². The first-order chi connectivity index (χ1) is 9.97. The van der Waals surface area contributed by atoms with Crippen LogP contribution in [0.4, 0.5) is 5.69 Å². The van der Waals surface area contributed by atoms with E-state index in [0.717, 1.165) is 5.56 Å². The van der Waals surface area contributed by atoms with Gasteiger partial charge in [0.2, 0.25) is 0 Å².